The molecular weight excluding hydrogens is 271 g/mol. The summed E-state index contributed by atoms with van der Waals surface area (Å²) in [5, 5.41) is 27.0. The van der Waals surface area contributed by atoms with E-state index in [2.05, 4.69) is 6.58 Å². The minimum atomic E-state index is -0.364. The van der Waals surface area contributed by atoms with Gasteiger partial charge in [-0.3, -0.25) is 0 Å². The van der Waals surface area contributed by atoms with Crippen LogP contribution in [0.15, 0.2) is 12.7 Å². The Bertz CT molecular complexity index is 284. The second-order valence-electron chi connectivity index (χ2n) is 5.53. The van der Waals surface area contributed by atoms with Crippen molar-refractivity contribution in [2.75, 3.05) is 0 Å². The highest BCUT2D eigenvalue weighted by Gasteiger charge is 2.21. The topological polar surface area (TPSA) is 87.0 Å². The molecule has 2 saturated carbocycles. The van der Waals surface area contributed by atoms with Crippen LogP contribution in [0.3, 0.4) is 0 Å². The maximum atomic E-state index is 10.8. The Labute approximate surface area is 128 Å². The van der Waals surface area contributed by atoms with Crippen LogP contribution in [0.4, 0.5) is 0 Å². The molecule has 0 aromatic heterocycles. The summed E-state index contributed by atoms with van der Waals surface area (Å²) in [4.78, 5) is 10.8. The molecule has 0 saturated heterocycles. The largest absolute Gasteiger partial charge is 0.459 e. The summed E-state index contributed by atoms with van der Waals surface area (Å²) in [5.41, 5.74) is 0. The zero-order valence-corrected chi connectivity index (χ0v) is 11.9. The van der Waals surface area contributed by atoms with Gasteiger partial charge in [-0.1, -0.05) is 15.0 Å². The number of rotatable bonds is 2. The summed E-state index contributed by atoms with van der Waals surface area (Å²) in [6.07, 6.45) is 6.78. The summed E-state index contributed by atoms with van der Waals surface area (Å²) in [6, 6.07) is 0. The van der Waals surface area contributed by atoms with Crippen molar-refractivity contribution in [2.45, 2.75) is 75.8 Å². The lowest BCUT2D eigenvalue weighted by Crippen LogP contribution is -2.25. The summed E-state index contributed by atoms with van der Waals surface area (Å²) in [6.45, 7) is 3.32. The minimum Gasteiger partial charge on any atom is -0.459 e. The molecule has 0 spiro atoms. The van der Waals surface area contributed by atoms with Crippen LogP contribution in [0, 0.1) is 0 Å². The van der Waals surface area contributed by atoms with Crippen molar-refractivity contribution in [3.63, 3.8) is 0 Å². The Morgan fingerprint density at radius 1 is 0.857 bits per heavy atom. The molecule has 2 rings (SSSR count). The van der Waals surface area contributed by atoms with E-state index < -0.39 is 0 Å². The number of hydrogen-bond acceptors (Lipinski definition) is 5. The molecule has 0 aromatic rings. The van der Waals surface area contributed by atoms with Crippen molar-refractivity contribution in [2.24, 2.45) is 0 Å². The molecule has 21 heavy (non-hydrogen) atoms. The smallest absolute Gasteiger partial charge is 0.330 e. The molecule has 2 aliphatic carbocycles. The van der Waals surface area contributed by atoms with E-state index in [1.165, 1.54) is 6.08 Å². The molecule has 0 radical (unpaired) electrons. The predicted octanol–water partition coefficient (Wildman–Crippen LogP) is -0.150. The minimum absolute atomic E-state index is 0. The van der Waals surface area contributed by atoms with Crippen LogP contribution in [-0.2, 0) is 9.53 Å². The van der Waals surface area contributed by atoms with Crippen molar-refractivity contribution in [1.82, 2.24) is 0 Å². The molecule has 0 aliphatic heterocycles. The fourth-order valence-electron chi connectivity index (χ4n) is 2.43. The standard InChI is InChI=1S/C9H14O3.C6H12O2.BH4/c1-2-9(11)12-8-5-3-7(10)4-6-8;7-5-1-2-6(8)4-3-5;/h2,7-8,10H,1,3-6H2;5-8H,1-4H2;1H4/q;;-1. The Balaban J connectivity index is 0.000000390. The molecular formula is C15H30BO5-. The molecule has 124 valence electrons. The van der Waals surface area contributed by atoms with Gasteiger partial charge in [-0.05, 0) is 51.4 Å². The zero-order chi connectivity index (χ0) is 15.0. The first-order valence-corrected chi connectivity index (χ1v) is 7.38. The van der Waals surface area contributed by atoms with E-state index in [0.717, 1.165) is 51.4 Å². The number of ether oxygens (including phenoxy) is 1. The first kappa shape index (κ1) is 20.2. The highest BCUT2D eigenvalue weighted by Crippen LogP contribution is 2.21. The van der Waals surface area contributed by atoms with Gasteiger partial charge in [-0.15, -0.1) is 0 Å². The lowest BCUT2D eigenvalue weighted by Gasteiger charge is -2.24. The molecule has 0 amide bonds. The number of carbonyl (C=O) groups excluding carboxylic acids is 1. The van der Waals surface area contributed by atoms with Crippen LogP contribution in [0.5, 0.6) is 0 Å². The lowest BCUT2D eigenvalue weighted by atomic mass is 9.95. The van der Waals surface area contributed by atoms with E-state index in [-0.39, 0.29) is 38.8 Å². The third-order valence-electron chi connectivity index (χ3n) is 3.76. The van der Waals surface area contributed by atoms with Crippen LogP contribution in [-0.4, -0.2) is 54.1 Å². The Hall–Kier alpha value is -0.845. The van der Waals surface area contributed by atoms with E-state index in [9.17, 15) is 4.79 Å². The van der Waals surface area contributed by atoms with Crippen molar-refractivity contribution >= 4 is 14.4 Å². The third-order valence-corrected chi connectivity index (χ3v) is 3.76. The van der Waals surface area contributed by atoms with Gasteiger partial charge < -0.3 is 20.1 Å². The number of aliphatic hydroxyl groups is 3. The van der Waals surface area contributed by atoms with Gasteiger partial charge >= 0.3 is 5.97 Å². The van der Waals surface area contributed by atoms with E-state index >= 15 is 0 Å². The van der Waals surface area contributed by atoms with Crippen molar-refractivity contribution in [3.8, 4) is 0 Å². The first-order valence-electron chi connectivity index (χ1n) is 7.38. The molecule has 2 fully saturated rings. The highest BCUT2D eigenvalue weighted by atomic mass is 16.5. The van der Waals surface area contributed by atoms with Crippen molar-refractivity contribution in [1.29, 1.82) is 0 Å². The van der Waals surface area contributed by atoms with Gasteiger partial charge in [0, 0.05) is 6.08 Å². The number of aliphatic hydroxyl groups excluding tert-OH is 3. The Kier molecular flexibility index (Phi) is 10.4. The fourth-order valence-corrected chi connectivity index (χ4v) is 2.43. The van der Waals surface area contributed by atoms with Crippen LogP contribution in [0.1, 0.15) is 51.4 Å². The third kappa shape index (κ3) is 8.91. The van der Waals surface area contributed by atoms with Crippen molar-refractivity contribution in [3.05, 3.63) is 12.7 Å². The molecule has 3 N–H and O–H groups in total. The molecule has 2 aliphatic rings. The molecule has 0 unspecified atom stereocenters. The van der Waals surface area contributed by atoms with Gasteiger partial charge in [0.1, 0.15) is 6.10 Å². The monoisotopic (exact) mass is 301 g/mol. The van der Waals surface area contributed by atoms with E-state index in [4.69, 9.17) is 20.1 Å². The van der Waals surface area contributed by atoms with Crippen LogP contribution in [0.25, 0.3) is 0 Å². The summed E-state index contributed by atoms with van der Waals surface area (Å²) >= 11 is 0. The zero-order valence-electron chi connectivity index (χ0n) is 11.9. The van der Waals surface area contributed by atoms with Crippen LogP contribution < -0.4 is 0 Å². The number of esters is 1. The lowest BCUT2D eigenvalue weighted by molar-refractivity contribution is -0.145. The quantitative estimate of drug-likeness (QED) is 0.375. The molecule has 0 aromatic carbocycles. The predicted molar refractivity (Wildman–Crippen MR) is 86.4 cm³/mol. The van der Waals surface area contributed by atoms with E-state index in [0.29, 0.717) is 0 Å². The summed E-state index contributed by atoms with van der Waals surface area (Å²) < 4.78 is 5.02. The molecule has 0 atom stereocenters. The summed E-state index contributed by atoms with van der Waals surface area (Å²) in [7, 11) is 0. The van der Waals surface area contributed by atoms with Gasteiger partial charge in [0.15, 0.2) is 0 Å². The average molecular weight is 301 g/mol. The number of carbonyl (C=O) groups is 1. The van der Waals surface area contributed by atoms with Gasteiger partial charge in [-0.2, -0.15) is 0 Å². The van der Waals surface area contributed by atoms with E-state index in [1.54, 1.807) is 0 Å². The molecule has 0 heterocycles. The van der Waals surface area contributed by atoms with Crippen LogP contribution >= 0.6 is 0 Å². The summed E-state index contributed by atoms with van der Waals surface area (Å²) in [5.74, 6) is -0.364. The Morgan fingerprint density at radius 3 is 1.52 bits per heavy atom. The average Bonchev–Trinajstić information content (AvgIpc) is 2.45. The second-order valence-corrected chi connectivity index (χ2v) is 5.53. The molecule has 0 bridgehead atoms. The second kappa shape index (κ2) is 10.8. The van der Waals surface area contributed by atoms with Gasteiger partial charge in [0.25, 0.3) is 0 Å². The SMILES string of the molecule is C=CC(=O)OC1CCC(O)CC1.OC1CCC(O)CC1.[BH4-]. The molecule has 5 nitrogen and oxygen atoms in total. The van der Waals surface area contributed by atoms with Gasteiger partial charge in [0.05, 0.1) is 18.3 Å². The molecule has 6 heteroatoms. The maximum absolute atomic E-state index is 10.8. The van der Waals surface area contributed by atoms with Crippen molar-refractivity contribution < 1.29 is 24.9 Å². The maximum Gasteiger partial charge on any atom is 0.330 e. The fraction of sp³-hybridized carbons (Fsp3) is 0.800. The normalized spacial score (nSPS) is 32.0. The number of hydrogen-bond donors (Lipinski definition) is 3. The Morgan fingerprint density at radius 2 is 1.19 bits per heavy atom. The van der Waals surface area contributed by atoms with Crippen LogP contribution in [0.2, 0.25) is 0 Å². The highest BCUT2D eigenvalue weighted by molar-refractivity contribution is 5.81. The van der Waals surface area contributed by atoms with Gasteiger partial charge in [0.2, 0.25) is 0 Å². The first-order chi connectivity index (χ1) is 9.51. The van der Waals surface area contributed by atoms with E-state index in [1.807, 2.05) is 0 Å². The van der Waals surface area contributed by atoms with Gasteiger partial charge in [-0.25, -0.2) is 4.79 Å².